The van der Waals surface area contributed by atoms with Gasteiger partial charge in [-0.25, -0.2) is 0 Å². The first-order valence-corrected chi connectivity index (χ1v) is 8.21. The van der Waals surface area contributed by atoms with Gasteiger partial charge in [-0.05, 0) is 62.8 Å². The van der Waals surface area contributed by atoms with Crippen molar-refractivity contribution in [1.29, 1.82) is 0 Å². The van der Waals surface area contributed by atoms with Gasteiger partial charge >= 0.3 is 0 Å². The lowest BCUT2D eigenvalue weighted by Crippen LogP contribution is -2.66. The fourth-order valence-corrected chi connectivity index (χ4v) is 6.39. The second-order valence-corrected chi connectivity index (χ2v) is 7.82. The number of ether oxygens (including phenoxy) is 1. The maximum Gasteiger partial charge on any atom is 0.0594 e. The summed E-state index contributed by atoms with van der Waals surface area (Å²) in [5.74, 6) is 2.02. The van der Waals surface area contributed by atoms with E-state index in [9.17, 15) is 0 Å². The van der Waals surface area contributed by atoms with Crippen molar-refractivity contribution in [2.45, 2.75) is 44.1 Å². The molecule has 4 saturated carbocycles. The molecule has 2 unspecified atom stereocenters. The van der Waals surface area contributed by atoms with E-state index < -0.39 is 0 Å². The van der Waals surface area contributed by atoms with Crippen molar-refractivity contribution < 1.29 is 4.74 Å². The molecule has 4 aliphatic carbocycles. The van der Waals surface area contributed by atoms with E-state index in [2.05, 4.69) is 17.3 Å². The van der Waals surface area contributed by atoms with Gasteiger partial charge in [-0.15, -0.1) is 0 Å². The van der Waals surface area contributed by atoms with Crippen LogP contribution in [0.1, 0.15) is 38.5 Å². The predicted molar refractivity (Wildman–Crippen MR) is 76.2 cm³/mol. The first-order chi connectivity index (χ1) is 9.24. The average Bonchev–Trinajstić information content (AvgIpc) is 2.38. The van der Waals surface area contributed by atoms with Gasteiger partial charge < -0.3 is 10.1 Å². The van der Waals surface area contributed by atoms with Crippen LogP contribution in [0.4, 0.5) is 0 Å². The topological polar surface area (TPSA) is 24.5 Å². The van der Waals surface area contributed by atoms with Crippen molar-refractivity contribution in [2.75, 3.05) is 39.9 Å². The molecule has 2 atom stereocenters. The van der Waals surface area contributed by atoms with Crippen LogP contribution < -0.4 is 5.32 Å². The second-order valence-electron chi connectivity index (χ2n) is 7.82. The minimum atomic E-state index is 0.546. The lowest BCUT2D eigenvalue weighted by atomic mass is 9.46. The summed E-state index contributed by atoms with van der Waals surface area (Å²) in [5.41, 5.74) is 1.17. The third kappa shape index (κ3) is 1.97. The highest BCUT2D eigenvalue weighted by atomic mass is 16.5. The summed E-state index contributed by atoms with van der Waals surface area (Å²) in [6, 6.07) is 0. The van der Waals surface area contributed by atoms with E-state index >= 15 is 0 Å². The van der Waals surface area contributed by atoms with E-state index in [1.165, 1.54) is 58.2 Å². The van der Waals surface area contributed by atoms with Crippen molar-refractivity contribution in [3.8, 4) is 0 Å². The van der Waals surface area contributed by atoms with Crippen LogP contribution in [0.3, 0.4) is 0 Å². The number of nitrogens with zero attached hydrogens (tertiary/aromatic N) is 1. The van der Waals surface area contributed by atoms with Crippen molar-refractivity contribution in [3.05, 3.63) is 0 Å². The molecule has 1 N–H and O–H groups in total. The summed E-state index contributed by atoms with van der Waals surface area (Å²) in [6.45, 7) is 5.50. The molecule has 4 bridgehead atoms. The maximum absolute atomic E-state index is 5.58. The average molecular weight is 264 g/mol. The first kappa shape index (κ1) is 12.6. The molecular weight excluding hydrogens is 236 g/mol. The predicted octanol–water partition coefficient (Wildman–Crippen LogP) is 1.88. The molecule has 0 aromatic rings. The van der Waals surface area contributed by atoms with Crippen LogP contribution in [0.15, 0.2) is 0 Å². The number of morpholine rings is 1. The normalized spacial score (nSPS) is 49.7. The molecule has 5 rings (SSSR count). The fraction of sp³-hybridized carbons (Fsp3) is 1.00. The third-order valence-electron chi connectivity index (χ3n) is 6.39. The minimum Gasteiger partial charge on any atom is -0.379 e. The van der Waals surface area contributed by atoms with Gasteiger partial charge in [0.05, 0.1) is 13.2 Å². The molecular formula is C16H28N2O. The zero-order valence-electron chi connectivity index (χ0n) is 12.3. The number of rotatable bonds is 3. The lowest BCUT2D eigenvalue weighted by Gasteiger charge is -2.65. The van der Waals surface area contributed by atoms with Gasteiger partial charge in [0.15, 0.2) is 0 Å². The maximum atomic E-state index is 5.58. The quantitative estimate of drug-likeness (QED) is 0.842. The van der Waals surface area contributed by atoms with Crippen LogP contribution in [-0.2, 0) is 4.74 Å². The molecule has 0 radical (unpaired) electrons. The molecule has 5 aliphatic rings. The molecule has 1 aliphatic heterocycles. The molecule has 108 valence electrons. The Labute approximate surface area is 117 Å². The highest BCUT2D eigenvalue weighted by Crippen LogP contribution is 2.63. The molecule has 0 aromatic carbocycles. The van der Waals surface area contributed by atoms with Crippen molar-refractivity contribution >= 4 is 0 Å². The molecule has 0 amide bonds. The molecule has 0 aromatic heterocycles. The zero-order chi connectivity index (χ0) is 12.9. The Morgan fingerprint density at radius 2 is 1.79 bits per heavy atom. The number of nitrogens with one attached hydrogen (secondary N) is 1. The molecule has 19 heavy (non-hydrogen) atoms. The smallest absolute Gasteiger partial charge is 0.0594 e. The van der Waals surface area contributed by atoms with Crippen LogP contribution in [0.5, 0.6) is 0 Å². The lowest BCUT2D eigenvalue weighted by molar-refractivity contribution is -0.149. The van der Waals surface area contributed by atoms with Crippen LogP contribution in [0.2, 0.25) is 0 Å². The van der Waals surface area contributed by atoms with Crippen LogP contribution >= 0.6 is 0 Å². The van der Waals surface area contributed by atoms with Gasteiger partial charge in [0.1, 0.15) is 0 Å². The molecule has 3 nitrogen and oxygen atoms in total. The molecule has 1 saturated heterocycles. The number of hydrogen-bond donors (Lipinski definition) is 1. The van der Waals surface area contributed by atoms with Gasteiger partial charge in [-0.2, -0.15) is 0 Å². The summed E-state index contributed by atoms with van der Waals surface area (Å²) in [4.78, 5) is 2.82. The summed E-state index contributed by atoms with van der Waals surface area (Å²) < 4.78 is 5.58. The molecule has 3 heteroatoms. The third-order valence-corrected chi connectivity index (χ3v) is 6.39. The highest BCUT2D eigenvalue weighted by Gasteiger charge is 2.59. The van der Waals surface area contributed by atoms with Gasteiger partial charge in [-0.1, -0.05) is 0 Å². The Bertz CT molecular complexity index is 337. The van der Waals surface area contributed by atoms with E-state index in [0.29, 0.717) is 11.0 Å². The SMILES string of the molecule is CNCC12CC3CC(C1)CC(N1CCOCC1)(C3)C2. The van der Waals surface area contributed by atoms with Crippen molar-refractivity contribution in [1.82, 2.24) is 10.2 Å². The second kappa shape index (κ2) is 4.44. The van der Waals surface area contributed by atoms with Crippen LogP contribution in [0, 0.1) is 17.3 Å². The summed E-state index contributed by atoms with van der Waals surface area (Å²) in [5, 5.41) is 3.50. The van der Waals surface area contributed by atoms with Gasteiger partial charge in [-0.3, -0.25) is 4.90 Å². The van der Waals surface area contributed by atoms with Crippen LogP contribution in [-0.4, -0.2) is 50.3 Å². The van der Waals surface area contributed by atoms with E-state index in [0.717, 1.165) is 25.0 Å². The minimum absolute atomic E-state index is 0.546. The summed E-state index contributed by atoms with van der Waals surface area (Å²) >= 11 is 0. The Morgan fingerprint density at radius 1 is 1.11 bits per heavy atom. The standard InChI is InChI=1S/C16H28N2O/c1-17-12-15-7-13-6-14(8-15)10-16(9-13,11-15)18-2-4-19-5-3-18/h13-14,17H,2-12H2,1H3. The molecule has 0 spiro atoms. The summed E-state index contributed by atoms with van der Waals surface area (Å²) in [6.07, 6.45) is 8.93. The molecule has 5 fully saturated rings. The highest BCUT2D eigenvalue weighted by molar-refractivity contribution is 5.13. The van der Waals surface area contributed by atoms with E-state index in [1.807, 2.05) is 0 Å². The van der Waals surface area contributed by atoms with Gasteiger partial charge in [0.25, 0.3) is 0 Å². The molecule has 1 heterocycles. The Morgan fingerprint density at radius 3 is 2.42 bits per heavy atom. The first-order valence-electron chi connectivity index (χ1n) is 8.21. The van der Waals surface area contributed by atoms with E-state index in [-0.39, 0.29) is 0 Å². The monoisotopic (exact) mass is 264 g/mol. The number of hydrogen-bond acceptors (Lipinski definition) is 3. The Hall–Kier alpha value is -0.120. The Kier molecular flexibility index (Phi) is 2.95. The van der Waals surface area contributed by atoms with E-state index in [1.54, 1.807) is 0 Å². The van der Waals surface area contributed by atoms with Crippen molar-refractivity contribution in [3.63, 3.8) is 0 Å². The van der Waals surface area contributed by atoms with Gasteiger partial charge in [0.2, 0.25) is 0 Å². The van der Waals surface area contributed by atoms with Gasteiger partial charge in [0, 0.05) is 25.2 Å². The Balaban J connectivity index is 1.62. The van der Waals surface area contributed by atoms with Crippen LogP contribution in [0.25, 0.3) is 0 Å². The fourth-order valence-electron chi connectivity index (χ4n) is 6.39. The summed E-state index contributed by atoms with van der Waals surface area (Å²) in [7, 11) is 2.14. The van der Waals surface area contributed by atoms with Crippen molar-refractivity contribution in [2.24, 2.45) is 17.3 Å². The van der Waals surface area contributed by atoms with E-state index in [4.69, 9.17) is 4.74 Å². The largest absolute Gasteiger partial charge is 0.379 e. The zero-order valence-corrected chi connectivity index (χ0v) is 12.3.